The third-order valence-electron chi connectivity index (χ3n) is 2.91. The summed E-state index contributed by atoms with van der Waals surface area (Å²) < 4.78 is 24.5. The van der Waals surface area contributed by atoms with E-state index in [0.29, 0.717) is 25.9 Å². The first-order valence-corrected chi connectivity index (χ1v) is 7.69. The lowest BCUT2D eigenvalue weighted by molar-refractivity contribution is -0.124. The molecule has 5 nitrogen and oxygen atoms in total. The summed E-state index contributed by atoms with van der Waals surface area (Å²) in [5.74, 6) is -0.285. The Morgan fingerprint density at radius 3 is 2.33 bits per heavy atom. The van der Waals surface area contributed by atoms with Crippen LogP contribution in [0.4, 0.5) is 4.39 Å². The second-order valence-electron chi connectivity index (χ2n) is 5.71. The van der Waals surface area contributed by atoms with Crippen LogP contribution >= 0.6 is 0 Å². The first-order valence-electron chi connectivity index (χ1n) is 7.69. The minimum Gasteiger partial charge on any atom is -0.378 e. The van der Waals surface area contributed by atoms with E-state index >= 15 is 0 Å². The Balaban J connectivity index is 3.55. The molecule has 0 saturated heterocycles. The van der Waals surface area contributed by atoms with Crippen LogP contribution in [0.3, 0.4) is 0 Å². The van der Waals surface area contributed by atoms with Crippen LogP contribution in [0.2, 0.25) is 0 Å². The molecule has 0 radical (unpaired) electrons. The molecule has 0 aliphatic rings. The molecule has 0 bridgehead atoms. The standard InChI is InChI=1S/C15H31FN2O3/c1-11(2)15(19)18-10-14(16)13(5)21-9-8-20-7-6-17-12(3)4/h11-14,17H,6-10H2,1-5H3,(H,18,19). The fraction of sp³-hybridized carbons (Fsp3) is 0.933. The largest absolute Gasteiger partial charge is 0.378 e. The van der Waals surface area contributed by atoms with Gasteiger partial charge in [0, 0.05) is 18.5 Å². The summed E-state index contributed by atoms with van der Waals surface area (Å²) in [5.41, 5.74) is 0. The molecule has 21 heavy (non-hydrogen) atoms. The van der Waals surface area contributed by atoms with Crippen molar-refractivity contribution in [1.29, 1.82) is 0 Å². The number of carbonyl (C=O) groups excluding carboxylic acids is 1. The van der Waals surface area contributed by atoms with E-state index in [2.05, 4.69) is 24.5 Å². The Morgan fingerprint density at radius 1 is 1.10 bits per heavy atom. The Labute approximate surface area is 128 Å². The molecule has 2 atom stereocenters. The van der Waals surface area contributed by atoms with Gasteiger partial charge < -0.3 is 20.1 Å². The molecule has 0 aromatic heterocycles. The molecule has 0 aromatic rings. The van der Waals surface area contributed by atoms with Crippen molar-refractivity contribution in [3.63, 3.8) is 0 Å². The Bertz CT molecular complexity index is 276. The van der Waals surface area contributed by atoms with Gasteiger partial charge in [-0.25, -0.2) is 4.39 Å². The first kappa shape index (κ1) is 20.3. The van der Waals surface area contributed by atoms with Gasteiger partial charge in [-0.05, 0) is 6.92 Å². The number of hydrogen-bond acceptors (Lipinski definition) is 4. The SMILES string of the molecule is CC(C)NCCOCCOC(C)C(F)CNC(=O)C(C)C. The molecule has 0 aromatic carbocycles. The normalized spacial score (nSPS) is 14.5. The zero-order valence-corrected chi connectivity index (χ0v) is 13.9. The number of ether oxygens (including phenoxy) is 2. The third-order valence-corrected chi connectivity index (χ3v) is 2.91. The molecule has 0 fully saturated rings. The van der Waals surface area contributed by atoms with Gasteiger partial charge in [0.05, 0.1) is 32.5 Å². The molecule has 126 valence electrons. The summed E-state index contributed by atoms with van der Waals surface area (Å²) in [6.45, 7) is 11.5. The van der Waals surface area contributed by atoms with Gasteiger partial charge in [-0.1, -0.05) is 27.7 Å². The maximum Gasteiger partial charge on any atom is 0.222 e. The number of carbonyl (C=O) groups is 1. The second kappa shape index (κ2) is 11.9. The smallest absolute Gasteiger partial charge is 0.222 e. The monoisotopic (exact) mass is 306 g/mol. The Morgan fingerprint density at radius 2 is 1.76 bits per heavy atom. The summed E-state index contributed by atoms with van der Waals surface area (Å²) in [4.78, 5) is 11.3. The van der Waals surface area contributed by atoms with Crippen molar-refractivity contribution < 1.29 is 18.7 Å². The number of nitrogens with one attached hydrogen (secondary N) is 2. The lowest BCUT2D eigenvalue weighted by Gasteiger charge is -2.18. The molecule has 0 heterocycles. The van der Waals surface area contributed by atoms with Gasteiger partial charge in [-0.3, -0.25) is 4.79 Å². The molecular formula is C15H31FN2O3. The van der Waals surface area contributed by atoms with Gasteiger partial charge in [0.15, 0.2) is 0 Å². The quantitative estimate of drug-likeness (QED) is 0.537. The van der Waals surface area contributed by atoms with Gasteiger partial charge >= 0.3 is 0 Å². The molecule has 0 spiro atoms. The molecular weight excluding hydrogens is 275 g/mol. The van der Waals surface area contributed by atoms with E-state index in [1.54, 1.807) is 20.8 Å². The van der Waals surface area contributed by atoms with Crippen LogP contribution in [0, 0.1) is 5.92 Å². The van der Waals surface area contributed by atoms with Crippen LogP contribution in [0.5, 0.6) is 0 Å². The summed E-state index contributed by atoms with van der Waals surface area (Å²) in [6.07, 6.45) is -1.77. The highest BCUT2D eigenvalue weighted by Gasteiger charge is 2.18. The summed E-state index contributed by atoms with van der Waals surface area (Å²) >= 11 is 0. The minimum absolute atomic E-state index is 0.0165. The van der Waals surface area contributed by atoms with E-state index in [1.807, 2.05) is 0 Å². The summed E-state index contributed by atoms with van der Waals surface area (Å²) in [7, 11) is 0. The van der Waals surface area contributed by atoms with E-state index < -0.39 is 12.3 Å². The maximum absolute atomic E-state index is 13.7. The maximum atomic E-state index is 13.7. The number of hydrogen-bond donors (Lipinski definition) is 2. The molecule has 1 amide bonds. The highest BCUT2D eigenvalue weighted by molar-refractivity contribution is 5.77. The van der Waals surface area contributed by atoms with Crippen LogP contribution in [-0.2, 0) is 14.3 Å². The van der Waals surface area contributed by atoms with Crippen molar-refractivity contribution in [2.75, 3.05) is 32.9 Å². The third kappa shape index (κ3) is 11.6. The van der Waals surface area contributed by atoms with E-state index in [9.17, 15) is 9.18 Å². The molecule has 0 aliphatic heterocycles. The van der Waals surface area contributed by atoms with Gasteiger partial charge in [0.25, 0.3) is 0 Å². The molecule has 0 rings (SSSR count). The average molecular weight is 306 g/mol. The van der Waals surface area contributed by atoms with Gasteiger partial charge in [-0.15, -0.1) is 0 Å². The van der Waals surface area contributed by atoms with Gasteiger partial charge in [-0.2, -0.15) is 0 Å². The number of alkyl halides is 1. The van der Waals surface area contributed by atoms with Crippen molar-refractivity contribution in [2.24, 2.45) is 5.92 Å². The minimum atomic E-state index is -1.21. The van der Waals surface area contributed by atoms with E-state index in [-0.39, 0.29) is 18.4 Å². The van der Waals surface area contributed by atoms with E-state index in [1.165, 1.54) is 0 Å². The average Bonchev–Trinajstić information content (AvgIpc) is 2.42. The van der Waals surface area contributed by atoms with Crippen LogP contribution < -0.4 is 10.6 Å². The molecule has 2 unspecified atom stereocenters. The van der Waals surface area contributed by atoms with Crippen molar-refractivity contribution in [2.45, 2.75) is 52.9 Å². The Kier molecular flexibility index (Phi) is 11.5. The number of halogens is 1. The van der Waals surface area contributed by atoms with Crippen molar-refractivity contribution in [3.05, 3.63) is 0 Å². The molecule has 6 heteroatoms. The first-order chi connectivity index (χ1) is 9.84. The Hall–Kier alpha value is -0.720. The van der Waals surface area contributed by atoms with Crippen LogP contribution in [-0.4, -0.2) is 57.1 Å². The summed E-state index contributed by atoms with van der Waals surface area (Å²) in [6, 6.07) is 0.443. The highest BCUT2D eigenvalue weighted by atomic mass is 19.1. The fourth-order valence-corrected chi connectivity index (χ4v) is 1.49. The second-order valence-corrected chi connectivity index (χ2v) is 5.71. The lowest BCUT2D eigenvalue weighted by atomic mass is 10.2. The van der Waals surface area contributed by atoms with E-state index in [0.717, 1.165) is 6.54 Å². The van der Waals surface area contributed by atoms with Crippen LogP contribution in [0.1, 0.15) is 34.6 Å². The van der Waals surface area contributed by atoms with Crippen LogP contribution in [0.15, 0.2) is 0 Å². The van der Waals surface area contributed by atoms with Gasteiger partial charge in [0.2, 0.25) is 5.91 Å². The summed E-state index contributed by atoms with van der Waals surface area (Å²) in [5, 5.41) is 5.79. The van der Waals surface area contributed by atoms with Crippen molar-refractivity contribution in [1.82, 2.24) is 10.6 Å². The molecule has 2 N–H and O–H groups in total. The number of rotatable bonds is 12. The fourth-order valence-electron chi connectivity index (χ4n) is 1.49. The van der Waals surface area contributed by atoms with E-state index in [4.69, 9.17) is 9.47 Å². The predicted molar refractivity (Wildman–Crippen MR) is 82.1 cm³/mol. The molecule has 0 aliphatic carbocycles. The zero-order valence-electron chi connectivity index (χ0n) is 13.9. The lowest BCUT2D eigenvalue weighted by Crippen LogP contribution is -2.38. The van der Waals surface area contributed by atoms with Crippen molar-refractivity contribution >= 4 is 5.91 Å². The number of amides is 1. The topological polar surface area (TPSA) is 59.6 Å². The predicted octanol–water partition coefficient (Wildman–Crippen LogP) is 1.52. The highest BCUT2D eigenvalue weighted by Crippen LogP contribution is 2.03. The van der Waals surface area contributed by atoms with Crippen molar-refractivity contribution in [3.8, 4) is 0 Å². The van der Waals surface area contributed by atoms with Gasteiger partial charge in [0.1, 0.15) is 6.17 Å². The van der Waals surface area contributed by atoms with Crippen LogP contribution in [0.25, 0.3) is 0 Å². The molecule has 0 saturated carbocycles. The zero-order chi connectivity index (χ0) is 16.3.